The molecule has 1 aromatic carbocycles. The van der Waals surface area contributed by atoms with Crippen LogP contribution in [-0.4, -0.2) is 47.8 Å². The first-order valence-electron chi connectivity index (χ1n) is 8.48. The van der Waals surface area contributed by atoms with Crippen LogP contribution < -0.4 is 0 Å². The van der Waals surface area contributed by atoms with Gasteiger partial charge in [-0.1, -0.05) is 12.1 Å². The van der Waals surface area contributed by atoms with Gasteiger partial charge in [-0.3, -0.25) is 9.59 Å². The van der Waals surface area contributed by atoms with E-state index in [1.165, 1.54) is 23.1 Å². The van der Waals surface area contributed by atoms with E-state index in [9.17, 15) is 14.0 Å². The van der Waals surface area contributed by atoms with Gasteiger partial charge in [0.25, 0.3) is 5.91 Å². The van der Waals surface area contributed by atoms with Gasteiger partial charge in [0.1, 0.15) is 5.82 Å². The maximum Gasteiger partial charge on any atom is 0.254 e. The van der Waals surface area contributed by atoms with Crippen molar-refractivity contribution in [2.24, 2.45) is 0 Å². The molecule has 0 aliphatic carbocycles. The summed E-state index contributed by atoms with van der Waals surface area (Å²) in [7, 11) is 0. The molecule has 1 saturated heterocycles. The Morgan fingerprint density at radius 2 is 1.80 bits per heavy atom. The van der Waals surface area contributed by atoms with Gasteiger partial charge in [-0.25, -0.2) is 4.39 Å². The van der Waals surface area contributed by atoms with Crippen LogP contribution in [-0.2, 0) is 11.2 Å². The Bertz CT molecular complexity index is 725. The summed E-state index contributed by atoms with van der Waals surface area (Å²) < 4.78 is 13.3. The smallest absolute Gasteiger partial charge is 0.254 e. The predicted octanol–water partition coefficient (Wildman–Crippen LogP) is 3.19. The van der Waals surface area contributed by atoms with E-state index in [2.05, 4.69) is 6.07 Å². The molecule has 6 heteroatoms. The highest BCUT2D eigenvalue weighted by atomic mass is 32.1. The Hall–Kier alpha value is -2.21. The lowest BCUT2D eigenvalue weighted by Crippen LogP contribution is -2.50. The van der Waals surface area contributed by atoms with Crippen molar-refractivity contribution in [2.45, 2.75) is 19.3 Å². The molecule has 0 N–H and O–H groups in total. The lowest BCUT2D eigenvalue weighted by molar-refractivity contribution is -0.132. The van der Waals surface area contributed by atoms with Crippen LogP contribution in [0.15, 0.2) is 41.8 Å². The second-order valence-corrected chi connectivity index (χ2v) is 7.15. The lowest BCUT2D eigenvalue weighted by atomic mass is 10.1. The SMILES string of the molecule is O=C(CCCc1cccs1)N1CCN(C(=O)c2cccc(F)c2)CC1. The van der Waals surface area contributed by atoms with Crippen molar-refractivity contribution in [3.8, 4) is 0 Å². The molecule has 2 amide bonds. The quantitative estimate of drug-likeness (QED) is 0.822. The number of hydrogen-bond donors (Lipinski definition) is 0. The Morgan fingerprint density at radius 1 is 1.04 bits per heavy atom. The average molecular weight is 360 g/mol. The van der Waals surface area contributed by atoms with Gasteiger partial charge in [0, 0.05) is 43.0 Å². The maximum atomic E-state index is 13.3. The molecule has 132 valence electrons. The second kappa shape index (κ2) is 8.25. The molecule has 0 unspecified atom stereocenters. The molecule has 0 spiro atoms. The van der Waals surface area contributed by atoms with Crippen molar-refractivity contribution in [2.75, 3.05) is 26.2 Å². The number of piperazine rings is 1. The van der Waals surface area contributed by atoms with E-state index in [1.807, 2.05) is 16.3 Å². The minimum absolute atomic E-state index is 0.148. The van der Waals surface area contributed by atoms with E-state index in [1.54, 1.807) is 22.3 Å². The molecule has 0 bridgehead atoms. The van der Waals surface area contributed by atoms with Crippen LogP contribution in [0.5, 0.6) is 0 Å². The maximum absolute atomic E-state index is 13.3. The third kappa shape index (κ3) is 4.66. The highest BCUT2D eigenvalue weighted by Crippen LogP contribution is 2.14. The highest BCUT2D eigenvalue weighted by Gasteiger charge is 2.24. The van der Waals surface area contributed by atoms with Crippen LogP contribution in [0.4, 0.5) is 4.39 Å². The fourth-order valence-corrected chi connectivity index (χ4v) is 3.74. The standard InChI is InChI=1S/C19H21FN2O2S/c20-16-5-1-4-15(14-16)19(24)22-11-9-21(10-12-22)18(23)8-2-6-17-7-3-13-25-17/h1,3-5,7,13-14H,2,6,8-12H2. The van der Waals surface area contributed by atoms with Crippen LogP contribution in [0.1, 0.15) is 28.1 Å². The van der Waals surface area contributed by atoms with Crippen molar-refractivity contribution in [1.29, 1.82) is 0 Å². The third-order valence-electron chi connectivity index (χ3n) is 4.39. The van der Waals surface area contributed by atoms with Gasteiger partial charge < -0.3 is 9.80 Å². The lowest BCUT2D eigenvalue weighted by Gasteiger charge is -2.35. The summed E-state index contributed by atoms with van der Waals surface area (Å²) in [6.45, 7) is 2.07. The molecule has 1 aromatic heterocycles. The van der Waals surface area contributed by atoms with Gasteiger partial charge in [0.15, 0.2) is 0 Å². The van der Waals surface area contributed by atoms with Crippen LogP contribution in [0.3, 0.4) is 0 Å². The summed E-state index contributed by atoms with van der Waals surface area (Å²) in [5, 5.41) is 2.05. The van der Waals surface area contributed by atoms with E-state index < -0.39 is 5.82 Å². The third-order valence-corrected chi connectivity index (χ3v) is 5.32. The number of thiophene rings is 1. The van der Waals surface area contributed by atoms with Gasteiger partial charge in [-0.2, -0.15) is 0 Å². The number of hydrogen-bond acceptors (Lipinski definition) is 3. The zero-order chi connectivity index (χ0) is 17.6. The number of rotatable bonds is 5. The Kier molecular flexibility index (Phi) is 5.81. The molecule has 25 heavy (non-hydrogen) atoms. The van der Waals surface area contributed by atoms with Crippen LogP contribution in [0, 0.1) is 5.82 Å². The van der Waals surface area contributed by atoms with Gasteiger partial charge in [0.2, 0.25) is 5.91 Å². The molecule has 0 radical (unpaired) electrons. The normalized spacial score (nSPS) is 14.6. The van der Waals surface area contributed by atoms with Crippen molar-refractivity contribution in [1.82, 2.24) is 9.80 Å². The summed E-state index contributed by atoms with van der Waals surface area (Å²) in [5.74, 6) is -0.441. The monoisotopic (exact) mass is 360 g/mol. The van der Waals surface area contributed by atoms with E-state index >= 15 is 0 Å². The van der Waals surface area contributed by atoms with Crippen molar-refractivity contribution in [3.63, 3.8) is 0 Å². The largest absolute Gasteiger partial charge is 0.339 e. The number of carbonyl (C=O) groups is 2. The Labute approximate surface area is 150 Å². The van der Waals surface area contributed by atoms with Crippen molar-refractivity contribution in [3.05, 3.63) is 58.0 Å². The van der Waals surface area contributed by atoms with E-state index in [0.29, 0.717) is 38.2 Å². The molecule has 0 saturated carbocycles. The Morgan fingerprint density at radius 3 is 2.48 bits per heavy atom. The number of amides is 2. The fourth-order valence-electron chi connectivity index (χ4n) is 2.99. The molecular weight excluding hydrogens is 339 g/mol. The molecule has 0 atom stereocenters. The molecule has 2 heterocycles. The van der Waals surface area contributed by atoms with E-state index in [-0.39, 0.29) is 11.8 Å². The first kappa shape index (κ1) is 17.6. The van der Waals surface area contributed by atoms with Gasteiger partial charge in [-0.15, -0.1) is 11.3 Å². The van der Waals surface area contributed by atoms with Crippen LogP contribution in [0.25, 0.3) is 0 Å². The number of nitrogens with zero attached hydrogens (tertiary/aromatic N) is 2. The molecule has 4 nitrogen and oxygen atoms in total. The number of halogens is 1. The van der Waals surface area contributed by atoms with E-state index in [4.69, 9.17) is 0 Å². The Balaban J connectivity index is 1.44. The minimum Gasteiger partial charge on any atom is -0.339 e. The topological polar surface area (TPSA) is 40.6 Å². The van der Waals surface area contributed by atoms with Gasteiger partial charge in [0.05, 0.1) is 0 Å². The minimum atomic E-state index is -0.412. The molecule has 1 aliphatic rings. The number of carbonyl (C=O) groups excluding carboxylic acids is 2. The van der Waals surface area contributed by atoms with Gasteiger partial charge in [-0.05, 0) is 42.5 Å². The molecular formula is C19H21FN2O2S. The van der Waals surface area contributed by atoms with Crippen molar-refractivity contribution < 1.29 is 14.0 Å². The molecule has 1 aliphatic heterocycles. The van der Waals surface area contributed by atoms with Crippen LogP contribution >= 0.6 is 11.3 Å². The highest BCUT2D eigenvalue weighted by molar-refractivity contribution is 7.09. The van der Waals surface area contributed by atoms with Crippen LogP contribution in [0.2, 0.25) is 0 Å². The van der Waals surface area contributed by atoms with Gasteiger partial charge >= 0.3 is 0 Å². The average Bonchev–Trinajstić information content (AvgIpc) is 3.14. The fraction of sp³-hybridized carbons (Fsp3) is 0.368. The zero-order valence-electron chi connectivity index (χ0n) is 14.0. The summed E-state index contributed by atoms with van der Waals surface area (Å²) in [5.41, 5.74) is 0.357. The number of benzene rings is 1. The molecule has 2 aromatic rings. The number of aryl methyl sites for hydroxylation is 1. The summed E-state index contributed by atoms with van der Waals surface area (Å²) in [6.07, 6.45) is 2.32. The summed E-state index contributed by atoms with van der Waals surface area (Å²) in [6, 6.07) is 9.85. The second-order valence-electron chi connectivity index (χ2n) is 6.12. The van der Waals surface area contributed by atoms with E-state index in [0.717, 1.165) is 12.8 Å². The summed E-state index contributed by atoms with van der Waals surface area (Å²) in [4.78, 5) is 29.5. The first-order chi connectivity index (χ1) is 12.1. The predicted molar refractivity (Wildman–Crippen MR) is 96.1 cm³/mol. The zero-order valence-corrected chi connectivity index (χ0v) is 14.8. The molecule has 3 rings (SSSR count). The molecule has 1 fully saturated rings. The summed E-state index contributed by atoms with van der Waals surface area (Å²) >= 11 is 1.72. The first-order valence-corrected chi connectivity index (χ1v) is 9.36. The van der Waals surface area contributed by atoms with Crippen molar-refractivity contribution >= 4 is 23.2 Å².